The number of hydrogen-bond donors (Lipinski definition) is 2. The molecule has 0 unspecified atom stereocenters. The Hall–Kier alpha value is -2.56. The Morgan fingerprint density at radius 1 is 1.25 bits per heavy atom. The summed E-state index contributed by atoms with van der Waals surface area (Å²) in [5.74, 6) is 0.453. The smallest absolute Gasteiger partial charge is 0.251 e. The summed E-state index contributed by atoms with van der Waals surface area (Å²) in [6.07, 6.45) is 2.19. The molecule has 8 nitrogen and oxygen atoms in total. The van der Waals surface area contributed by atoms with Gasteiger partial charge in [0.25, 0.3) is 5.91 Å². The third-order valence-electron chi connectivity index (χ3n) is 4.09. The van der Waals surface area contributed by atoms with Gasteiger partial charge >= 0.3 is 0 Å². The minimum atomic E-state index is -3.70. The average molecular weight is 420 g/mol. The van der Waals surface area contributed by atoms with Crippen molar-refractivity contribution >= 4 is 27.3 Å². The summed E-state index contributed by atoms with van der Waals surface area (Å²) in [5.41, 5.74) is 0.288. The van der Waals surface area contributed by atoms with Crippen LogP contribution >= 0.6 is 11.3 Å². The molecule has 0 aliphatic rings. The van der Waals surface area contributed by atoms with Crippen LogP contribution in [0.3, 0.4) is 0 Å². The number of nitrogens with one attached hydrogen (secondary N) is 2. The fourth-order valence-electron chi connectivity index (χ4n) is 2.59. The molecule has 28 heavy (non-hydrogen) atoms. The monoisotopic (exact) mass is 419 g/mol. The number of sulfonamides is 1. The Morgan fingerprint density at radius 2 is 2.11 bits per heavy atom. The number of carbonyl (C=O) groups excluding carboxylic acids is 1. The Morgan fingerprint density at radius 3 is 2.86 bits per heavy atom. The second-order valence-corrected chi connectivity index (χ2v) is 8.77. The highest BCUT2D eigenvalue weighted by molar-refractivity contribution is 7.89. The number of rotatable bonds is 9. The topological polar surface area (TPSA) is 106 Å². The van der Waals surface area contributed by atoms with Gasteiger partial charge in [0.15, 0.2) is 0 Å². The van der Waals surface area contributed by atoms with Crippen molar-refractivity contribution in [3.05, 3.63) is 64.4 Å². The summed E-state index contributed by atoms with van der Waals surface area (Å²) in [6, 6.07) is 9.71. The zero-order chi connectivity index (χ0) is 20.0. The number of benzene rings is 1. The molecule has 0 saturated heterocycles. The van der Waals surface area contributed by atoms with Crippen LogP contribution in [0.1, 0.15) is 28.0 Å². The lowest BCUT2D eigenvalue weighted by atomic mass is 10.2. The molecule has 0 bridgehead atoms. The van der Waals surface area contributed by atoms with Crippen LogP contribution in [0.15, 0.2) is 53.0 Å². The summed E-state index contributed by atoms with van der Waals surface area (Å²) in [7, 11) is -3.70. The van der Waals surface area contributed by atoms with E-state index in [4.69, 9.17) is 0 Å². The van der Waals surface area contributed by atoms with Gasteiger partial charge < -0.3 is 9.88 Å². The second kappa shape index (κ2) is 9.09. The molecule has 0 saturated carbocycles. The standard InChI is InChI=1S/C18H21N5O3S2/c1-2-23-13-20-22-17(23)8-9-19-18(24)14-5-3-7-16(11-14)28(25,26)21-12-15-6-4-10-27-15/h3-7,10-11,13,21H,2,8-9,12H2,1H3,(H,19,24). The predicted molar refractivity (Wildman–Crippen MR) is 107 cm³/mol. The van der Waals surface area contributed by atoms with E-state index in [1.807, 2.05) is 29.0 Å². The Labute approximate surface area is 167 Å². The van der Waals surface area contributed by atoms with Gasteiger partial charge in [0.05, 0.1) is 4.90 Å². The normalized spacial score (nSPS) is 11.5. The van der Waals surface area contributed by atoms with Crippen molar-refractivity contribution < 1.29 is 13.2 Å². The van der Waals surface area contributed by atoms with Crippen LogP contribution in [-0.4, -0.2) is 35.6 Å². The van der Waals surface area contributed by atoms with E-state index >= 15 is 0 Å². The van der Waals surface area contributed by atoms with Crippen LogP contribution in [-0.2, 0) is 29.5 Å². The molecular formula is C18H21N5O3S2. The predicted octanol–water partition coefficient (Wildman–Crippen LogP) is 1.81. The molecule has 10 heteroatoms. The zero-order valence-electron chi connectivity index (χ0n) is 15.3. The number of nitrogens with zero attached hydrogens (tertiary/aromatic N) is 3. The molecular weight excluding hydrogens is 398 g/mol. The molecule has 0 spiro atoms. The van der Waals surface area contributed by atoms with E-state index < -0.39 is 10.0 Å². The molecule has 0 atom stereocenters. The van der Waals surface area contributed by atoms with Crippen molar-refractivity contribution in [3.8, 4) is 0 Å². The zero-order valence-corrected chi connectivity index (χ0v) is 17.0. The fraction of sp³-hybridized carbons (Fsp3) is 0.278. The number of aryl methyl sites for hydroxylation is 1. The third-order valence-corrected chi connectivity index (χ3v) is 6.37. The number of aromatic nitrogens is 3. The molecule has 0 aliphatic heterocycles. The van der Waals surface area contributed by atoms with Crippen molar-refractivity contribution in [2.75, 3.05) is 6.54 Å². The molecule has 0 aliphatic carbocycles. The number of hydrogen-bond acceptors (Lipinski definition) is 6. The summed E-state index contributed by atoms with van der Waals surface area (Å²) >= 11 is 1.47. The highest BCUT2D eigenvalue weighted by Gasteiger charge is 2.16. The maximum absolute atomic E-state index is 12.5. The highest BCUT2D eigenvalue weighted by Crippen LogP contribution is 2.14. The minimum Gasteiger partial charge on any atom is -0.352 e. The van der Waals surface area contributed by atoms with Gasteiger partial charge in [0, 0.05) is 36.5 Å². The Bertz CT molecular complexity index is 1030. The van der Waals surface area contributed by atoms with Crippen LogP contribution in [0, 0.1) is 0 Å². The first kappa shape index (κ1) is 20.2. The molecule has 148 valence electrons. The van der Waals surface area contributed by atoms with Crippen molar-refractivity contribution in [1.82, 2.24) is 24.8 Å². The van der Waals surface area contributed by atoms with Crippen LogP contribution in [0.2, 0.25) is 0 Å². The molecule has 3 aromatic rings. The fourth-order valence-corrected chi connectivity index (χ4v) is 4.38. The molecule has 0 fully saturated rings. The van der Waals surface area contributed by atoms with Gasteiger partial charge in [-0.2, -0.15) is 0 Å². The van der Waals surface area contributed by atoms with Crippen molar-refractivity contribution in [2.45, 2.75) is 31.3 Å². The van der Waals surface area contributed by atoms with Crippen molar-refractivity contribution in [1.29, 1.82) is 0 Å². The largest absolute Gasteiger partial charge is 0.352 e. The van der Waals surface area contributed by atoms with E-state index in [0.717, 1.165) is 17.2 Å². The van der Waals surface area contributed by atoms with E-state index in [-0.39, 0.29) is 22.9 Å². The lowest BCUT2D eigenvalue weighted by Gasteiger charge is -2.09. The van der Waals surface area contributed by atoms with Crippen molar-refractivity contribution in [2.24, 2.45) is 0 Å². The molecule has 0 radical (unpaired) electrons. The Kier molecular flexibility index (Phi) is 6.55. The maximum atomic E-state index is 12.5. The van der Waals surface area contributed by atoms with E-state index in [1.165, 1.54) is 23.5 Å². The first-order valence-electron chi connectivity index (χ1n) is 8.76. The summed E-state index contributed by atoms with van der Waals surface area (Å²) in [5, 5.41) is 12.5. The van der Waals surface area contributed by atoms with E-state index in [0.29, 0.717) is 13.0 Å². The molecule has 2 aromatic heterocycles. The van der Waals surface area contributed by atoms with E-state index in [1.54, 1.807) is 18.5 Å². The molecule has 1 amide bonds. The average Bonchev–Trinajstić information content (AvgIpc) is 3.38. The third kappa shape index (κ3) is 5.03. The van der Waals surface area contributed by atoms with Gasteiger partial charge in [-0.15, -0.1) is 21.5 Å². The van der Waals surface area contributed by atoms with Gasteiger partial charge in [-0.3, -0.25) is 4.79 Å². The molecule has 3 rings (SSSR count). The van der Waals surface area contributed by atoms with Crippen LogP contribution < -0.4 is 10.0 Å². The minimum absolute atomic E-state index is 0.0578. The second-order valence-electron chi connectivity index (χ2n) is 5.97. The van der Waals surface area contributed by atoms with Gasteiger partial charge in [-0.05, 0) is 36.6 Å². The first-order valence-corrected chi connectivity index (χ1v) is 11.1. The molecule has 2 N–H and O–H groups in total. The van der Waals surface area contributed by atoms with Gasteiger partial charge in [0.2, 0.25) is 10.0 Å². The van der Waals surface area contributed by atoms with Crippen LogP contribution in [0.25, 0.3) is 0 Å². The lowest BCUT2D eigenvalue weighted by Crippen LogP contribution is -2.27. The molecule has 1 aromatic carbocycles. The van der Waals surface area contributed by atoms with E-state index in [2.05, 4.69) is 20.2 Å². The SMILES string of the molecule is CCn1cnnc1CCNC(=O)c1cccc(S(=O)(=O)NCc2cccs2)c1. The lowest BCUT2D eigenvalue weighted by molar-refractivity contribution is 0.0953. The summed E-state index contributed by atoms with van der Waals surface area (Å²) in [4.78, 5) is 13.4. The number of amides is 1. The Balaban J connectivity index is 1.60. The highest BCUT2D eigenvalue weighted by atomic mass is 32.2. The van der Waals surface area contributed by atoms with Crippen LogP contribution in [0.5, 0.6) is 0 Å². The summed E-state index contributed by atoms with van der Waals surface area (Å²) in [6.45, 7) is 3.35. The number of thiophene rings is 1. The van der Waals surface area contributed by atoms with E-state index in [9.17, 15) is 13.2 Å². The molecule has 2 heterocycles. The quantitative estimate of drug-likeness (QED) is 0.550. The van der Waals surface area contributed by atoms with Crippen molar-refractivity contribution in [3.63, 3.8) is 0 Å². The summed E-state index contributed by atoms with van der Waals surface area (Å²) < 4.78 is 29.4. The van der Waals surface area contributed by atoms with Gasteiger partial charge in [-0.25, -0.2) is 13.1 Å². The van der Waals surface area contributed by atoms with Gasteiger partial charge in [0.1, 0.15) is 12.2 Å². The first-order chi connectivity index (χ1) is 13.5. The van der Waals surface area contributed by atoms with Gasteiger partial charge in [-0.1, -0.05) is 12.1 Å². The maximum Gasteiger partial charge on any atom is 0.251 e. The van der Waals surface area contributed by atoms with Crippen LogP contribution in [0.4, 0.5) is 0 Å². The number of carbonyl (C=O) groups is 1.